The lowest BCUT2D eigenvalue weighted by atomic mass is 10.2. The molecule has 1 aliphatic heterocycles. The van der Waals surface area contributed by atoms with Crippen LogP contribution in [-0.4, -0.2) is 26.2 Å². The molecule has 1 saturated heterocycles. The van der Waals surface area contributed by atoms with E-state index >= 15 is 0 Å². The first-order chi connectivity index (χ1) is 8.09. The highest BCUT2D eigenvalue weighted by molar-refractivity contribution is 5.43. The number of aromatic nitrogens is 1. The number of hydrogen-bond donors (Lipinski definition) is 1. The molecule has 3 nitrogen and oxygen atoms in total. The molecule has 6 heteroatoms. The number of alkyl halides is 3. The number of halogens is 3. The Morgan fingerprint density at radius 2 is 2.06 bits per heavy atom. The lowest BCUT2D eigenvalue weighted by Gasteiger charge is -2.16. The molecule has 2 rings (SSSR count). The van der Waals surface area contributed by atoms with E-state index < -0.39 is 11.7 Å². The van der Waals surface area contributed by atoms with E-state index in [2.05, 4.69) is 10.3 Å². The quantitative estimate of drug-likeness (QED) is 0.760. The van der Waals surface area contributed by atoms with E-state index in [1.807, 2.05) is 0 Å². The summed E-state index contributed by atoms with van der Waals surface area (Å²) in [4.78, 5) is 4.52. The van der Waals surface area contributed by atoms with Crippen molar-refractivity contribution in [1.82, 2.24) is 0 Å². The molecule has 0 amide bonds. The van der Waals surface area contributed by atoms with Crippen LogP contribution in [0.2, 0.25) is 0 Å². The molecule has 0 radical (unpaired) electrons. The van der Waals surface area contributed by atoms with Crippen molar-refractivity contribution >= 4 is 5.82 Å². The number of quaternary nitrogens is 1. The standard InChI is InChI=1S/C11H14F3N3/c12-11(13,14)9-3-1-5-16-10(9)17-7-2-4-15-6-8-17/h1,3,5,15H,2,4,6-8H2/p+2. The van der Waals surface area contributed by atoms with Gasteiger partial charge < -0.3 is 5.32 Å². The van der Waals surface area contributed by atoms with Crippen LogP contribution >= 0.6 is 0 Å². The average molecular weight is 247 g/mol. The van der Waals surface area contributed by atoms with Crippen molar-refractivity contribution < 1.29 is 23.5 Å². The Morgan fingerprint density at radius 1 is 1.24 bits per heavy atom. The molecule has 0 aliphatic carbocycles. The number of nitrogens with two attached hydrogens (primary N) is 1. The fourth-order valence-corrected chi connectivity index (χ4v) is 2.07. The molecule has 1 aromatic heterocycles. The van der Waals surface area contributed by atoms with E-state index in [4.69, 9.17) is 0 Å². The summed E-state index contributed by atoms with van der Waals surface area (Å²) in [5.41, 5.74) is -0.582. The normalized spacial score (nSPS) is 17.9. The van der Waals surface area contributed by atoms with Crippen molar-refractivity contribution in [3.63, 3.8) is 0 Å². The number of pyridine rings is 1. The molecule has 0 saturated carbocycles. The third kappa shape index (κ3) is 2.88. The largest absolute Gasteiger partial charge is 0.424 e. The predicted molar refractivity (Wildman–Crippen MR) is 56.5 cm³/mol. The lowest BCUT2D eigenvalue weighted by Crippen LogP contribution is -2.84. The van der Waals surface area contributed by atoms with Crippen molar-refractivity contribution in [3.8, 4) is 0 Å². The van der Waals surface area contributed by atoms with Gasteiger partial charge >= 0.3 is 6.18 Å². The number of nitrogens with one attached hydrogen (secondary N) is 1. The second-order valence-corrected chi connectivity index (χ2v) is 4.14. The molecule has 0 aromatic carbocycles. The highest BCUT2D eigenvalue weighted by Crippen LogP contribution is 2.33. The molecule has 17 heavy (non-hydrogen) atoms. The van der Waals surface area contributed by atoms with Crippen LogP contribution in [0.25, 0.3) is 0 Å². The van der Waals surface area contributed by atoms with Crippen LogP contribution < -0.4 is 15.2 Å². The highest BCUT2D eigenvalue weighted by Gasteiger charge is 2.39. The van der Waals surface area contributed by atoms with Gasteiger partial charge in [-0.1, -0.05) is 0 Å². The van der Waals surface area contributed by atoms with E-state index in [1.165, 1.54) is 6.07 Å². The summed E-state index contributed by atoms with van der Waals surface area (Å²) in [6, 6.07) is 2.51. The molecular formula is C11H16F3N3+2. The van der Waals surface area contributed by atoms with Crippen LogP contribution in [0.1, 0.15) is 12.0 Å². The maximum atomic E-state index is 12.9. The van der Waals surface area contributed by atoms with Crippen LogP contribution in [0.4, 0.5) is 19.0 Å². The van der Waals surface area contributed by atoms with Crippen molar-refractivity contribution in [2.45, 2.75) is 12.6 Å². The number of hydrogen-bond acceptors (Lipinski definition) is 1. The number of nitrogens with zero attached hydrogens (tertiary/aromatic N) is 1. The highest BCUT2D eigenvalue weighted by atomic mass is 19.4. The van der Waals surface area contributed by atoms with Gasteiger partial charge in [-0.3, -0.25) is 4.90 Å². The van der Waals surface area contributed by atoms with Gasteiger partial charge in [-0.25, -0.2) is 4.98 Å². The minimum atomic E-state index is -4.30. The Morgan fingerprint density at radius 3 is 2.82 bits per heavy atom. The molecule has 2 heterocycles. The van der Waals surface area contributed by atoms with Gasteiger partial charge in [0.1, 0.15) is 18.7 Å². The van der Waals surface area contributed by atoms with E-state index in [9.17, 15) is 13.2 Å². The summed E-state index contributed by atoms with van der Waals surface area (Å²) in [5.74, 6) is 0.190. The number of H-pyrrole nitrogens is 1. The zero-order chi connectivity index (χ0) is 12.3. The maximum Gasteiger partial charge on any atom is 0.424 e. The SMILES string of the molecule is FC(F)(F)c1ccc[nH+]c1N1CCC[NH2+]CC1. The van der Waals surface area contributed by atoms with Gasteiger partial charge in [-0.2, -0.15) is 13.2 Å². The van der Waals surface area contributed by atoms with E-state index in [0.717, 1.165) is 25.6 Å². The average Bonchev–Trinajstić information content (AvgIpc) is 2.56. The summed E-state index contributed by atoms with van der Waals surface area (Å²) in [6.07, 6.45) is -1.86. The maximum absolute atomic E-state index is 12.9. The third-order valence-electron chi connectivity index (χ3n) is 2.90. The third-order valence-corrected chi connectivity index (χ3v) is 2.90. The zero-order valence-corrected chi connectivity index (χ0v) is 9.43. The topological polar surface area (TPSA) is 34.0 Å². The fourth-order valence-electron chi connectivity index (χ4n) is 2.07. The van der Waals surface area contributed by atoms with Crippen LogP contribution in [0.3, 0.4) is 0 Å². The predicted octanol–water partition coefficient (Wildman–Crippen LogP) is 0.293. The van der Waals surface area contributed by atoms with Crippen molar-refractivity contribution in [2.75, 3.05) is 31.1 Å². The molecule has 0 unspecified atom stereocenters. The van der Waals surface area contributed by atoms with Gasteiger partial charge in [0, 0.05) is 6.42 Å². The summed E-state index contributed by atoms with van der Waals surface area (Å²) in [6.45, 7) is 3.12. The minimum Gasteiger partial charge on any atom is -0.343 e. The van der Waals surface area contributed by atoms with Crippen molar-refractivity contribution in [1.29, 1.82) is 0 Å². The molecule has 3 N–H and O–H groups in total. The molecule has 1 aromatic rings. The van der Waals surface area contributed by atoms with Crippen LogP contribution in [0, 0.1) is 0 Å². The lowest BCUT2D eigenvalue weighted by molar-refractivity contribution is -0.650. The van der Waals surface area contributed by atoms with Gasteiger partial charge in [0.2, 0.25) is 0 Å². The molecule has 0 spiro atoms. The Bertz CT molecular complexity index is 370. The van der Waals surface area contributed by atoms with Gasteiger partial charge in [0.05, 0.1) is 19.3 Å². The molecule has 0 bridgehead atoms. The second kappa shape index (κ2) is 4.91. The Balaban J connectivity index is 2.30. The minimum absolute atomic E-state index is 0.190. The smallest absolute Gasteiger partial charge is 0.343 e. The molecule has 1 fully saturated rings. The van der Waals surface area contributed by atoms with Crippen molar-refractivity contribution in [2.24, 2.45) is 0 Å². The zero-order valence-electron chi connectivity index (χ0n) is 9.43. The number of aromatic amines is 1. The van der Waals surface area contributed by atoms with Gasteiger partial charge in [0.25, 0.3) is 5.82 Å². The second-order valence-electron chi connectivity index (χ2n) is 4.14. The Labute approximate surface area is 97.6 Å². The van der Waals surface area contributed by atoms with Gasteiger partial charge in [0.15, 0.2) is 0 Å². The fraction of sp³-hybridized carbons (Fsp3) is 0.545. The molecule has 94 valence electrons. The first kappa shape index (κ1) is 12.2. The van der Waals surface area contributed by atoms with E-state index in [0.29, 0.717) is 13.1 Å². The Kier molecular flexibility index (Phi) is 3.51. The van der Waals surface area contributed by atoms with Crippen molar-refractivity contribution in [3.05, 3.63) is 23.9 Å². The summed E-state index contributed by atoms with van der Waals surface area (Å²) in [5, 5.41) is 2.14. The molecular weight excluding hydrogens is 231 g/mol. The van der Waals surface area contributed by atoms with Gasteiger partial charge in [-0.15, -0.1) is 0 Å². The van der Waals surface area contributed by atoms with Crippen LogP contribution in [0.5, 0.6) is 0 Å². The molecule has 1 aliphatic rings. The first-order valence-corrected chi connectivity index (χ1v) is 5.73. The first-order valence-electron chi connectivity index (χ1n) is 5.73. The monoisotopic (exact) mass is 247 g/mol. The van der Waals surface area contributed by atoms with E-state index in [-0.39, 0.29) is 5.82 Å². The van der Waals surface area contributed by atoms with E-state index in [1.54, 1.807) is 11.1 Å². The number of rotatable bonds is 1. The Hall–Kier alpha value is -1.30. The molecule has 0 atom stereocenters. The summed E-state index contributed by atoms with van der Waals surface area (Å²) < 4.78 is 38.6. The van der Waals surface area contributed by atoms with Crippen LogP contribution in [-0.2, 0) is 6.18 Å². The summed E-state index contributed by atoms with van der Waals surface area (Å²) in [7, 11) is 0. The van der Waals surface area contributed by atoms with Gasteiger partial charge in [-0.05, 0) is 12.1 Å². The summed E-state index contributed by atoms with van der Waals surface area (Å²) >= 11 is 0. The van der Waals surface area contributed by atoms with Crippen LogP contribution in [0.15, 0.2) is 18.3 Å². The number of anilines is 1.